The molecule has 0 saturated carbocycles. The largest absolute Gasteiger partial charge is 0.481 e. The summed E-state index contributed by atoms with van der Waals surface area (Å²) in [4.78, 5) is 24.6. The number of aliphatic carboxylic acids is 1. The Morgan fingerprint density at radius 3 is 2.47 bits per heavy atom. The average Bonchev–Trinajstić information content (AvgIpc) is 2.58. The summed E-state index contributed by atoms with van der Waals surface area (Å²) in [5.74, 6) is -0.819. The van der Waals surface area contributed by atoms with Crippen LogP contribution in [0.5, 0.6) is 0 Å². The van der Waals surface area contributed by atoms with Gasteiger partial charge in [0.25, 0.3) is 0 Å². The van der Waals surface area contributed by atoms with Crippen molar-refractivity contribution in [1.82, 2.24) is 4.90 Å². The summed E-state index contributed by atoms with van der Waals surface area (Å²) in [6, 6.07) is 0. The summed E-state index contributed by atoms with van der Waals surface area (Å²) < 4.78 is 0. The van der Waals surface area contributed by atoms with E-state index in [1.165, 1.54) is 0 Å². The van der Waals surface area contributed by atoms with E-state index in [1.54, 1.807) is 11.8 Å². The molecule has 1 fully saturated rings. The number of carboxylic acids is 1. The molecule has 3 N–H and O–H groups in total. The molecule has 0 aliphatic carbocycles. The topological polar surface area (TPSA) is 83.6 Å². The molecule has 98 valence electrons. The second kappa shape index (κ2) is 4.64. The van der Waals surface area contributed by atoms with Crippen molar-refractivity contribution >= 4 is 11.9 Å². The Morgan fingerprint density at radius 2 is 2.06 bits per heavy atom. The summed E-state index contributed by atoms with van der Waals surface area (Å²) in [6.07, 6.45) is 1.53. The Morgan fingerprint density at radius 1 is 1.47 bits per heavy atom. The Kier molecular flexibility index (Phi) is 3.81. The average molecular weight is 242 g/mol. The fourth-order valence-corrected chi connectivity index (χ4v) is 1.94. The van der Waals surface area contributed by atoms with Crippen LogP contribution in [0.4, 0.5) is 0 Å². The molecule has 1 atom stereocenters. The van der Waals surface area contributed by atoms with Crippen molar-refractivity contribution in [2.24, 2.45) is 11.1 Å². The van der Waals surface area contributed by atoms with Crippen LogP contribution >= 0.6 is 0 Å². The number of amides is 1. The lowest BCUT2D eigenvalue weighted by atomic mass is 9.90. The third-order valence-corrected chi connectivity index (χ3v) is 3.33. The molecule has 5 heteroatoms. The second-order valence-corrected chi connectivity index (χ2v) is 5.92. The number of hydrogen-bond acceptors (Lipinski definition) is 3. The third-order valence-electron chi connectivity index (χ3n) is 3.33. The maximum Gasteiger partial charge on any atom is 0.311 e. The van der Waals surface area contributed by atoms with Gasteiger partial charge in [0.2, 0.25) is 5.91 Å². The van der Waals surface area contributed by atoms with E-state index in [-0.39, 0.29) is 11.4 Å². The Bertz CT molecular complexity index is 322. The number of likely N-dealkylation sites (tertiary alicyclic amines) is 1. The molecular weight excluding hydrogens is 220 g/mol. The number of hydrogen-bond donors (Lipinski definition) is 2. The molecule has 1 aliphatic heterocycles. The molecule has 0 spiro atoms. The SMILES string of the molecule is CC(C)(N)CCC(=O)N1CCC(C)(C(=O)O)C1. The molecule has 1 aliphatic rings. The van der Waals surface area contributed by atoms with Crippen LogP contribution in [-0.2, 0) is 9.59 Å². The van der Waals surface area contributed by atoms with Crippen molar-refractivity contribution in [1.29, 1.82) is 0 Å². The van der Waals surface area contributed by atoms with Crippen molar-refractivity contribution in [3.8, 4) is 0 Å². The van der Waals surface area contributed by atoms with E-state index in [9.17, 15) is 9.59 Å². The fraction of sp³-hybridized carbons (Fsp3) is 0.833. The first-order valence-corrected chi connectivity index (χ1v) is 5.94. The number of carbonyl (C=O) groups is 2. The predicted octanol–water partition coefficient (Wildman–Crippen LogP) is 0.827. The zero-order chi connectivity index (χ0) is 13.3. The third kappa shape index (κ3) is 3.70. The summed E-state index contributed by atoms with van der Waals surface area (Å²) in [6.45, 7) is 6.30. The monoisotopic (exact) mass is 242 g/mol. The minimum Gasteiger partial charge on any atom is -0.481 e. The first kappa shape index (κ1) is 14.0. The molecule has 1 saturated heterocycles. The zero-order valence-electron chi connectivity index (χ0n) is 10.8. The molecule has 0 bridgehead atoms. The van der Waals surface area contributed by atoms with Gasteiger partial charge in [0.15, 0.2) is 0 Å². The van der Waals surface area contributed by atoms with Gasteiger partial charge >= 0.3 is 5.97 Å². The molecule has 17 heavy (non-hydrogen) atoms. The minimum absolute atomic E-state index is 0.00787. The van der Waals surface area contributed by atoms with Crippen LogP contribution in [-0.4, -0.2) is 40.5 Å². The van der Waals surface area contributed by atoms with Crippen LogP contribution in [0, 0.1) is 5.41 Å². The Labute approximate surface area is 102 Å². The van der Waals surface area contributed by atoms with Gasteiger partial charge in [-0.05, 0) is 33.6 Å². The lowest BCUT2D eigenvalue weighted by molar-refractivity contribution is -0.147. The normalized spacial score (nSPS) is 25.1. The van der Waals surface area contributed by atoms with E-state index in [1.807, 2.05) is 13.8 Å². The van der Waals surface area contributed by atoms with Crippen molar-refractivity contribution in [2.75, 3.05) is 13.1 Å². The number of carboxylic acid groups (broad SMARTS) is 1. The molecule has 1 heterocycles. The molecule has 1 unspecified atom stereocenters. The van der Waals surface area contributed by atoms with E-state index in [4.69, 9.17) is 10.8 Å². The smallest absolute Gasteiger partial charge is 0.311 e. The van der Waals surface area contributed by atoms with Gasteiger partial charge in [-0.15, -0.1) is 0 Å². The highest BCUT2D eigenvalue weighted by Gasteiger charge is 2.41. The van der Waals surface area contributed by atoms with Crippen LogP contribution in [0.2, 0.25) is 0 Å². The van der Waals surface area contributed by atoms with Crippen LogP contribution < -0.4 is 5.73 Å². The summed E-state index contributed by atoms with van der Waals surface area (Å²) in [5, 5.41) is 9.07. The van der Waals surface area contributed by atoms with Crippen LogP contribution in [0.15, 0.2) is 0 Å². The van der Waals surface area contributed by atoms with E-state index in [0.717, 1.165) is 0 Å². The molecule has 0 aromatic carbocycles. The first-order valence-electron chi connectivity index (χ1n) is 5.94. The first-order chi connectivity index (χ1) is 7.64. The van der Waals surface area contributed by atoms with Crippen molar-refractivity contribution in [3.63, 3.8) is 0 Å². The molecule has 0 aromatic heterocycles. The molecule has 1 rings (SSSR count). The second-order valence-electron chi connectivity index (χ2n) is 5.92. The van der Waals surface area contributed by atoms with E-state index < -0.39 is 11.4 Å². The predicted molar refractivity (Wildman–Crippen MR) is 64.4 cm³/mol. The number of carbonyl (C=O) groups excluding carboxylic acids is 1. The van der Waals surface area contributed by atoms with E-state index in [0.29, 0.717) is 32.4 Å². The van der Waals surface area contributed by atoms with Crippen LogP contribution in [0.25, 0.3) is 0 Å². The van der Waals surface area contributed by atoms with Gasteiger partial charge in [-0.3, -0.25) is 9.59 Å². The van der Waals surface area contributed by atoms with Gasteiger partial charge < -0.3 is 15.7 Å². The highest BCUT2D eigenvalue weighted by molar-refractivity contribution is 5.80. The van der Waals surface area contributed by atoms with E-state index in [2.05, 4.69) is 0 Å². The fourth-order valence-electron chi connectivity index (χ4n) is 1.94. The maximum absolute atomic E-state index is 11.9. The highest BCUT2D eigenvalue weighted by atomic mass is 16.4. The summed E-state index contributed by atoms with van der Waals surface area (Å²) in [7, 11) is 0. The Balaban J connectivity index is 2.49. The number of rotatable bonds is 4. The van der Waals surface area contributed by atoms with E-state index >= 15 is 0 Å². The van der Waals surface area contributed by atoms with Crippen molar-refractivity contribution in [3.05, 3.63) is 0 Å². The highest BCUT2D eigenvalue weighted by Crippen LogP contribution is 2.30. The Hall–Kier alpha value is -1.10. The molecule has 1 amide bonds. The molecule has 0 aromatic rings. The standard InChI is InChI=1S/C12H22N2O3/c1-11(2,13)5-4-9(15)14-7-6-12(3,8-14)10(16)17/h4-8,13H2,1-3H3,(H,16,17). The van der Waals surface area contributed by atoms with Gasteiger partial charge in [-0.25, -0.2) is 0 Å². The van der Waals surface area contributed by atoms with Crippen molar-refractivity contribution in [2.45, 2.75) is 45.6 Å². The van der Waals surface area contributed by atoms with Crippen molar-refractivity contribution < 1.29 is 14.7 Å². The molecule has 0 radical (unpaired) electrons. The molecule has 5 nitrogen and oxygen atoms in total. The molecular formula is C12H22N2O3. The van der Waals surface area contributed by atoms with Crippen LogP contribution in [0.1, 0.15) is 40.0 Å². The van der Waals surface area contributed by atoms with Gasteiger partial charge in [0.1, 0.15) is 0 Å². The van der Waals surface area contributed by atoms with Gasteiger partial charge in [0, 0.05) is 25.0 Å². The quantitative estimate of drug-likeness (QED) is 0.764. The summed E-state index contributed by atoms with van der Waals surface area (Å²) in [5.41, 5.74) is 4.68. The lowest BCUT2D eigenvalue weighted by Crippen LogP contribution is -2.37. The van der Waals surface area contributed by atoms with Gasteiger partial charge in [-0.1, -0.05) is 0 Å². The van der Waals surface area contributed by atoms with Crippen LogP contribution in [0.3, 0.4) is 0 Å². The van der Waals surface area contributed by atoms with Gasteiger partial charge in [-0.2, -0.15) is 0 Å². The minimum atomic E-state index is -0.827. The number of nitrogens with two attached hydrogens (primary N) is 1. The zero-order valence-corrected chi connectivity index (χ0v) is 10.8. The maximum atomic E-state index is 11.9. The summed E-state index contributed by atoms with van der Waals surface area (Å²) >= 11 is 0. The lowest BCUT2D eigenvalue weighted by Gasteiger charge is -2.22. The number of nitrogens with zero attached hydrogens (tertiary/aromatic N) is 1. The van der Waals surface area contributed by atoms with Gasteiger partial charge in [0.05, 0.1) is 5.41 Å².